The lowest BCUT2D eigenvalue weighted by Crippen LogP contribution is -2.03. The first-order valence-electron chi connectivity index (χ1n) is 5.18. The molecule has 0 saturated carbocycles. The Labute approximate surface area is 102 Å². The second-order valence-corrected chi connectivity index (χ2v) is 4.36. The van der Waals surface area contributed by atoms with Crippen LogP contribution < -0.4 is 4.74 Å². The fraction of sp³-hybridized carbons (Fsp3) is 0.462. The van der Waals surface area contributed by atoms with Crippen molar-refractivity contribution < 1.29 is 4.74 Å². The van der Waals surface area contributed by atoms with Gasteiger partial charge in [0.1, 0.15) is 5.75 Å². The van der Waals surface area contributed by atoms with Crippen LogP contribution in [0.3, 0.4) is 0 Å². The molecule has 0 heterocycles. The zero-order chi connectivity index (χ0) is 12.5. The Kier molecular flexibility index (Phi) is 3.83. The summed E-state index contributed by atoms with van der Waals surface area (Å²) in [5.74, 6) is 0.570. The Hall–Kier alpha value is -1.20. The minimum absolute atomic E-state index is 0.216. The van der Waals surface area contributed by atoms with Crippen molar-refractivity contribution in [3.8, 4) is 11.8 Å². The number of ether oxygens (including phenoxy) is 1. The van der Waals surface area contributed by atoms with Crippen molar-refractivity contribution >= 4 is 11.6 Å². The molecule has 0 bridgehead atoms. The molecule has 0 N–H and O–H groups in total. The molecule has 0 aliphatic heterocycles. The molecular weight excluding hydrogens is 222 g/mol. The minimum atomic E-state index is -0.216. The Morgan fingerprint density at radius 2 is 1.75 bits per heavy atom. The van der Waals surface area contributed by atoms with Gasteiger partial charge in [-0.25, -0.2) is 0 Å². The van der Waals surface area contributed by atoms with Crippen molar-refractivity contribution in [1.29, 1.82) is 5.26 Å². The molecule has 1 unspecified atom stereocenters. The van der Waals surface area contributed by atoms with Crippen molar-refractivity contribution in [3.63, 3.8) is 0 Å². The number of benzene rings is 1. The predicted octanol–water partition coefficient (Wildman–Crippen LogP) is 3.90. The van der Waals surface area contributed by atoms with Gasteiger partial charge in [0, 0.05) is 10.6 Å². The van der Waals surface area contributed by atoms with Crippen molar-refractivity contribution in [1.82, 2.24) is 0 Å². The van der Waals surface area contributed by atoms with E-state index in [2.05, 4.69) is 6.07 Å². The first-order chi connectivity index (χ1) is 7.45. The molecule has 1 aromatic rings. The van der Waals surface area contributed by atoms with Crippen LogP contribution in [0.25, 0.3) is 0 Å². The standard InChI is InChI=1S/C13H16ClNO/c1-7(6-15)11-10(4)12(14)8(2)9(3)13(11)16-5/h7H,1-5H3. The average Bonchev–Trinajstić information content (AvgIpc) is 2.29. The van der Waals surface area contributed by atoms with Crippen LogP contribution in [0, 0.1) is 32.1 Å². The second-order valence-electron chi connectivity index (χ2n) is 3.99. The number of hydrogen-bond acceptors (Lipinski definition) is 2. The minimum Gasteiger partial charge on any atom is -0.496 e. The van der Waals surface area contributed by atoms with Crippen molar-refractivity contribution in [2.24, 2.45) is 0 Å². The van der Waals surface area contributed by atoms with E-state index in [0.717, 1.165) is 33.0 Å². The molecule has 1 rings (SSSR count). The summed E-state index contributed by atoms with van der Waals surface area (Å²) in [6.45, 7) is 7.72. The van der Waals surface area contributed by atoms with Gasteiger partial charge >= 0.3 is 0 Å². The largest absolute Gasteiger partial charge is 0.496 e. The van der Waals surface area contributed by atoms with Gasteiger partial charge in [0.05, 0.1) is 19.1 Å². The highest BCUT2D eigenvalue weighted by Gasteiger charge is 2.20. The van der Waals surface area contributed by atoms with Gasteiger partial charge in [-0.15, -0.1) is 0 Å². The van der Waals surface area contributed by atoms with Crippen molar-refractivity contribution in [2.45, 2.75) is 33.6 Å². The highest BCUT2D eigenvalue weighted by atomic mass is 35.5. The van der Waals surface area contributed by atoms with Crippen molar-refractivity contribution in [3.05, 3.63) is 27.3 Å². The molecule has 0 aliphatic carbocycles. The molecule has 16 heavy (non-hydrogen) atoms. The fourth-order valence-corrected chi connectivity index (χ4v) is 2.20. The third-order valence-electron chi connectivity index (χ3n) is 3.04. The summed E-state index contributed by atoms with van der Waals surface area (Å²) in [5.41, 5.74) is 3.87. The SMILES string of the molecule is COc1c(C)c(C)c(Cl)c(C)c1C(C)C#N. The zero-order valence-corrected chi connectivity index (χ0v) is 11.1. The van der Waals surface area contributed by atoms with Gasteiger partial charge in [-0.1, -0.05) is 11.6 Å². The van der Waals surface area contributed by atoms with Gasteiger partial charge in [0.15, 0.2) is 0 Å². The average molecular weight is 238 g/mol. The van der Waals surface area contributed by atoms with Crippen LogP contribution in [0.5, 0.6) is 5.75 Å². The quantitative estimate of drug-likeness (QED) is 0.782. The molecule has 1 aromatic carbocycles. The van der Waals surface area contributed by atoms with Crippen LogP contribution in [0.15, 0.2) is 0 Å². The maximum absolute atomic E-state index is 9.04. The van der Waals surface area contributed by atoms with Gasteiger partial charge in [-0.3, -0.25) is 0 Å². The third kappa shape index (κ3) is 1.88. The van der Waals surface area contributed by atoms with E-state index < -0.39 is 0 Å². The Balaban J connectivity index is 3.65. The Bertz CT molecular complexity index is 460. The molecular formula is C13H16ClNO. The van der Waals surface area contributed by atoms with E-state index in [1.807, 2.05) is 27.7 Å². The summed E-state index contributed by atoms with van der Waals surface area (Å²) in [4.78, 5) is 0. The topological polar surface area (TPSA) is 33.0 Å². The summed E-state index contributed by atoms with van der Waals surface area (Å²) < 4.78 is 5.41. The lowest BCUT2D eigenvalue weighted by Gasteiger charge is -2.19. The zero-order valence-electron chi connectivity index (χ0n) is 10.3. The summed E-state index contributed by atoms with van der Waals surface area (Å²) in [6.07, 6.45) is 0. The van der Waals surface area contributed by atoms with E-state index in [4.69, 9.17) is 21.6 Å². The van der Waals surface area contributed by atoms with Gasteiger partial charge in [-0.2, -0.15) is 5.26 Å². The number of halogens is 1. The highest BCUT2D eigenvalue weighted by Crippen LogP contribution is 2.39. The smallest absolute Gasteiger partial charge is 0.126 e. The summed E-state index contributed by atoms with van der Waals surface area (Å²) in [5, 5.41) is 9.77. The van der Waals surface area contributed by atoms with Gasteiger partial charge in [-0.05, 0) is 44.4 Å². The lowest BCUT2D eigenvalue weighted by atomic mass is 9.91. The van der Waals surface area contributed by atoms with Crippen LogP contribution in [0.2, 0.25) is 5.02 Å². The molecule has 0 saturated heterocycles. The van der Waals surface area contributed by atoms with Crippen LogP contribution in [0.1, 0.15) is 35.1 Å². The second kappa shape index (κ2) is 4.76. The molecule has 86 valence electrons. The molecule has 3 heteroatoms. The monoisotopic (exact) mass is 237 g/mol. The van der Waals surface area contributed by atoms with E-state index in [9.17, 15) is 0 Å². The van der Waals surface area contributed by atoms with E-state index in [1.54, 1.807) is 7.11 Å². The van der Waals surface area contributed by atoms with E-state index in [0.29, 0.717) is 0 Å². The number of rotatable bonds is 2. The first kappa shape index (κ1) is 12.9. The van der Waals surface area contributed by atoms with Gasteiger partial charge < -0.3 is 4.74 Å². The number of nitrogens with zero attached hydrogens (tertiary/aromatic N) is 1. The molecule has 0 fully saturated rings. The lowest BCUT2D eigenvalue weighted by molar-refractivity contribution is 0.405. The molecule has 1 atom stereocenters. The maximum atomic E-state index is 9.04. The summed E-state index contributed by atoms with van der Waals surface area (Å²) >= 11 is 6.25. The van der Waals surface area contributed by atoms with Crippen molar-refractivity contribution in [2.75, 3.05) is 7.11 Å². The number of methoxy groups -OCH3 is 1. The van der Waals surface area contributed by atoms with Crippen LogP contribution in [-0.4, -0.2) is 7.11 Å². The highest BCUT2D eigenvalue weighted by molar-refractivity contribution is 6.32. The van der Waals surface area contributed by atoms with E-state index in [1.165, 1.54) is 0 Å². The molecule has 2 nitrogen and oxygen atoms in total. The fourth-order valence-electron chi connectivity index (χ4n) is 1.96. The first-order valence-corrected chi connectivity index (χ1v) is 5.56. The molecule has 0 radical (unpaired) electrons. The summed E-state index contributed by atoms with van der Waals surface area (Å²) in [6, 6.07) is 2.23. The molecule has 0 aliphatic rings. The van der Waals surface area contributed by atoms with Crippen LogP contribution >= 0.6 is 11.6 Å². The Morgan fingerprint density at radius 3 is 2.19 bits per heavy atom. The van der Waals surface area contributed by atoms with Gasteiger partial charge in [0.2, 0.25) is 0 Å². The Morgan fingerprint density at radius 1 is 1.19 bits per heavy atom. The number of hydrogen-bond donors (Lipinski definition) is 0. The van der Waals surface area contributed by atoms with Crippen LogP contribution in [0.4, 0.5) is 0 Å². The maximum Gasteiger partial charge on any atom is 0.126 e. The predicted molar refractivity (Wildman–Crippen MR) is 66.2 cm³/mol. The summed E-state index contributed by atoms with van der Waals surface area (Å²) in [7, 11) is 1.63. The normalized spacial score (nSPS) is 12.1. The van der Waals surface area contributed by atoms with Crippen LogP contribution in [-0.2, 0) is 0 Å². The molecule has 0 spiro atoms. The van der Waals surface area contributed by atoms with Gasteiger partial charge in [0.25, 0.3) is 0 Å². The molecule has 0 amide bonds. The molecule has 0 aromatic heterocycles. The van der Waals surface area contributed by atoms with E-state index >= 15 is 0 Å². The van der Waals surface area contributed by atoms with E-state index in [-0.39, 0.29) is 5.92 Å². The number of nitriles is 1. The third-order valence-corrected chi connectivity index (χ3v) is 3.61.